The molecule has 0 spiro atoms. The summed E-state index contributed by atoms with van der Waals surface area (Å²) in [6.45, 7) is 2.36. The molecule has 0 aromatic rings. The van der Waals surface area contributed by atoms with E-state index in [2.05, 4.69) is 22.9 Å². The molecule has 1 aliphatic heterocycles. The van der Waals surface area contributed by atoms with Crippen molar-refractivity contribution in [3.8, 4) is 0 Å². The molecule has 2 aliphatic rings. The van der Waals surface area contributed by atoms with Crippen molar-refractivity contribution in [2.24, 2.45) is 17.8 Å². The van der Waals surface area contributed by atoms with Crippen molar-refractivity contribution in [1.29, 1.82) is 0 Å². The number of hydrogen-bond acceptors (Lipinski definition) is 0. The SMILES string of the molecule is CCCC[Si@H]1CC[C@H]([C@H]2CC[C@H](CCCBr)CC2)CC1. The molecular weight excluding hydrogens is 324 g/mol. The Bertz CT molecular complexity index is 214. The van der Waals surface area contributed by atoms with Crippen molar-refractivity contribution in [2.45, 2.75) is 89.3 Å². The highest BCUT2D eigenvalue weighted by molar-refractivity contribution is 9.09. The van der Waals surface area contributed by atoms with Gasteiger partial charge < -0.3 is 0 Å². The molecule has 20 heavy (non-hydrogen) atoms. The second-order valence-electron chi connectivity index (χ2n) is 7.54. The van der Waals surface area contributed by atoms with Gasteiger partial charge in [-0.3, -0.25) is 0 Å². The molecule has 2 rings (SSSR count). The molecule has 0 atom stereocenters. The molecule has 0 nitrogen and oxygen atoms in total. The van der Waals surface area contributed by atoms with E-state index in [4.69, 9.17) is 0 Å². The lowest BCUT2D eigenvalue weighted by Crippen LogP contribution is -2.28. The summed E-state index contributed by atoms with van der Waals surface area (Å²) in [7, 11) is -0.270. The maximum absolute atomic E-state index is 3.58. The molecule has 0 N–H and O–H groups in total. The fourth-order valence-electron chi connectivity index (χ4n) is 4.76. The molecule has 2 fully saturated rings. The van der Waals surface area contributed by atoms with Crippen LogP contribution in [0.3, 0.4) is 0 Å². The van der Waals surface area contributed by atoms with Crippen LogP contribution in [0.2, 0.25) is 18.1 Å². The highest BCUT2D eigenvalue weighted by atomic mass is 79.9. The summed E-state index contributed by atoms with van der Waals surface area (Å²) < 4.78 is 0. The zero-order chi connectivity index (χ0) is 14.2. The zero-order valence-corrected chi connectivity index (χ0v) is 16.3. The monoisotopic (exact) mass is 358 g/mol. The van der Waals surface area contributed by atoms with E-state index in [0.29, 0.717) is 0 Å². The third-order valence-electron chi connectivity index (χ3n) is 6.16. The van der Waals surface area contributed by atoms with Gasteiger partial charge in [-0.2, -0.15) is 0 Å². The van der Waals surface area contributed by atoms with Crippen molar-refractivity contribution in [1.82, 2.24) is 0 Å². The fraction of sp³-hybridized carbons (Fsp3) is 1.00. The summed E-state index contributed by atoms with van der Waals surface area (Å²) in [5, 5.41) is 1.21. The van der Waals surface area contributed by atoms with Crippen LogP contribution in [-0.4, -0.2) is 14.1 Å². The number of hydrogen-bond donors (Lipinski definition) is 0. The van der Waals surface area contributed by atoms with Gasteiger partial charge >= 0.3 is 0 Å². The number of alkyl halides is 1. The maximum Gasteiger partial charge on any atom is 0.0368 e. The second kappa shape index (κ2) is 9.66. The van der Waals surface area contributed by atoms with E-state index in [0.717, 1.165) is 17.8 Å². The van der Waals surface area contributed by atoms with Crippen molar-refractivity contribution in [2.75, 3.05) is 5.33 Å². The smallest absolute Gasteiger partial charge is 0.0368 e. The standard InChI is InChI=1S/C18H35BrSi/c1-2-3-13-20-14-10-18(11-15-20)17-8-6-16(7-9-17)5-4-12-19/h16-18,20H,2-15H2,1H3/t16-,17-,18-,20-. The van der Waals surface area contributed by atoms with E-state index in [-0.39, 0.29) is 8.80 Å². The van der Waals surface area contributed by atoms with Gasteiger partial charge in [-0.05, 0) is 43.4 Å². The van der Waals surface area contributed by atoms with Crippen LogP contribution in [-0.2, 0) is 0 Å². The molecule has 0 bridgehead atoms. The van der Waals surface area contributed by atoms with E-state index in [1.807, 2.05) is 0 Å². The Morgan fingerprint density at radius 2 is 1.55 bits per heavy atom. The number of unbranched alkanes of at least 4 members (excludes halogenated alkanes) is 1. The average molecular weight is 359 g/mol. The maximum atomic E-state index is 3.58. The highest BCUT2D eigenvalue weighted by Gasteiger charge is 2.30. The van der Waals surface area contributed by atoms with Crippen molar-refractivity contribution in [3.05, 3.63) is 0 Å². The van der Waals surface area contributed by atoms with Crippen molar-refractivity contribution < 1.29 is 0 Å². The van der Waals surface area contributed by atoms with Crippen LogP contribution in [0.15, 0.2) is 0 Å². The summed E-state index contributed by atoms with van der Waals surface area (Å²) in [6.07, 6.45) is 15.3. The highest BCUT2D eigenvalue weighted by Crippen LogP contribution is 2.41. The number of rotatable bonds is 7. The summed E-state index contributed by atoms with van der Waals surface area (Å²) in [5.74, 6) is 3.33. The minimum Gasteiger partial charge on any atom is -0.0928 e. The van der Waals surface area contributed by atoms with Crippen LogP contribution >= 0.6 is 15.9 Å². The lowest BCUT2D eigenvalue weighted by Gasteiger charge is -2.37. The van der Waals surface area contributed by atoms with Crippen LogP contribution in [0.25, 0.3) is 0 Å². The third-order valence-corrected chi connectivity index (χ3v) is 10.2. The van der Waals surface area contributed by atoms with Gasteiger partial charge in [0.2, 0.25) is 0 Å². The largest absolute Gasteiger partial charge is 0.0928 e. The molecule has 2 heteroatoms. The Labute approximate surface area is 137 Å². The predicted octanol–water partition coefficient (Wildman–Crippen LogP) is 6.41. The van der Waals surface area contributed by atoms with Gasteiger partial charge in [-0.15, -0.1) is 0 Å². The molecule has 1 heterocycles. The first kappa shape index (κ1) is 17.1. The fourth-order valence-corrected chi connectivity index (χ4v) is 8.73. The quantitative estimate of drug-likeness (QED) is 0.364. The van der Waals surface area contributed by atoms with Crippen LogP contribution in [0.4, 0.5) is 0 Å². The van der Waals surface area contributed by atoms with E-state index in [1.54, 1.807) is 56.7 Å². The molecule has 1 aliphatic carbocycles. The topological polar surface area (TPSA) is 0 Å². The summed E-state index contributed by atoms with van der Waals surface area (Å²) in [6, 6.07) is 5.03. The van der Waals surface area contributed by atoms with Gasteiger partial charge in [0.1, 0.15) is 0 Å². The number of halogens is 1. The molecule has 0 aromatic carbocycles. The van der Waals surface area contributed by atoms with E-state index in [9.17, 15) is 0 Å². The van der Waals surface area contributed by atoms with Gasteiger partial charge in [-0.1, -0.05) is 79.5 Å². The molecule has 118 valence electrons. The second-order valence-corrected chi connectivity index (χ2v) is 11.8. The molecule has 0 radical (unpaired) electrons. The summed E-state index contributed by atoms with van der Waals surface area (Å²) >= 11 is 3.58. The van der Waals surface area contributed by atoms with E-state index < -0.39 is 0 Å². The minimum atomic E-state index is -0.270. The van der Waals surface area contributed by atoms with Gasteiger partial charge in [0.05, 0.1) is 0 Å². The first-order valence-corrected chi connectivity index (χ1v) is 13.0. The molecular formula is C18H35BrSi. The molecule has 1 saturated carbocycles. The molecule has 0 amide bonds. The Morgan fingerprint density at radius 3 is 2.15 bits per heavy atom. The van der Waals surface area contributed by atoms with E-state index in [1.165, 1.54) is 31.0 Å². The first-order valence-electron chi connectivity index (χ1n) is 9.39. The predicted molar refractivity (Wildman–Crippen MR) is 97.7 cm³/mol. The molecule has 0 unspecified atom stereocenters. The lowest BCUT2D eigenvalue weighted by molar-refractivity contribution is 0.186. The molecule has 1 saturated heterocycles. The Balaban J connectivity index is 1.63. The van der Waals surface area contributed by atoms with Gasteiger partial charge in [-0.25, -0.2) is 0 Å². The Kier molecular flexibility index (Phi) is 8.24. The van der Waals surface area contributed by atoms with Crippen LogP contribution in [0.1, 0.15) is 71.1 Å². The molecule has 0 aromatic heterocycles. The van der Waals surface area contributed by atoms with Gasteiger partial charge in [0.25, 0.3) is 0 Å². The van der Waals surface area contributed by atoms with Crippen LogP contribution in [0.5, 0.6) is 0 Å². The van der Waals surface area contributed by atoms with Gasteiger partial charge in [0.15, 0.2) is 0 Å². The van der Waals surface area contributed by atoms with Crippen molar-refractivity contribution in [3.63, 3.8) is 0 Å². The first-order chi connectivity index (χ1) is 9.83. The Morgan fingerprint density at radius 1 is 0.900 bits per heavy atom. The van der Waals surface area contributed by atoms with Crippen LogP contribution in [0, 0.1) is 17.8 Å². The third kappa shape index (κ3) is 5.48. The lowest BCUT2D eigenvalue weighted by atomic mass is 9.73. The van der Waals surface area contributed by atoms with Gasteiger partial charge in [0, 0.05) is 14.1 Å². The Hall–Kier alpha value is 0.697. The summed E-state index contributed by atoms with van der Waals surface area (Å²) in [5.41, 5.74) is 0. The zero-order valence-electron chi connectivity index (χ0n) is 13.6. The summed E-state index contributed by atoms with van der Waals surface area (Å²) in [4.78, 5) is 0. The average Bonchev–Trinajstić information content (AvgIpc) is 2.52. The normalized spacial score (nSPS) is 35.1. The minimum absolute atomic E-state index is 0.270. The van der Waals surface area contributed by atoms with Crippen molar-refractivity contribution >= 4 is 24.7 Å². The van der Waals surface area contributed by atoms with E-state index >= 15 is 0 Å². The van der Waals surface area contributed by atoms with Crippen LogP contribution < -0.4 is 0 Å².